The summed E-state index contributed by atoms with van der Waals surface area (Å²) < 4.78 is 26.5. The Kier molecular flexibility index (Phi) is 3.31. The van der Waals surface area contributed by atoms with E-state index >= 15 is 0 Å². The van der Waals surface area contributed by atoms with Gasteiger partial charge in [-0.2, -0.15) is 0 Å². The molecule has 4 N–H and O–H groups in total. The van der Waals surface area contributed by atoms with E-state index in [0.29, 0.717) is 16.6 Å². The van der Waals surface area contributed by atoms with Crippen molar-refractivity contribution in [3.05, 3.63) is 69.6 Å². The molecular weight excluding hydrogens is 276 g/mol. The van der Waals surface area contributed by atoms with Crippen molar-refractivity contribution in [2.45, 2.75) is 12.5 Å². The van der Waals surface area contributed by atoms with Crippen LogP contribution in [0.25, 0.3) is 11.0 Å². The Morgan fingerprint density at radius 3 is 2.57 bits per heavy atom. The quantitative estimate of drug-likeness (QED) is 0.692. The van der Waals surface area contributed by atoms with Gasteiger partial charge >= 0.3 is 5.69 Å². The summed E-state index contributed by atoms with van der Waals surface area (Å²) in [6.07, 6.45) is 0.242. The summed E-state index contributed by atoms with van der Waals surface area (Å²) in [5.41, 5.74) is 8.23. The van der Waals surface area contributed by atoms with Crippen LogP contribution >= 0.6 is 0 Å². The van der Waals surface area contributed by atoms with E-state index in [1.54, 1.807) is 18.2 Å². The second-order valence-corrected chi connectivity index (χ2v) is 4.93. The Labute approximate surface area is 118 Å². The Hall–Kier alpha value is -2.47. The minimum absolute atomic E-state index is 0.242. The number of hydrogen-bond acceptors (Lipinski definition) is 2. The standard InChI is InChI=1S/C15H13F2N3O/c16-10-3-1-8(11(17)7-10)5-12(18)9-2-4-13-14(6-9)20-15(21)19-13/h1-4,6-7,12H,5,18H2,(H2,19,20,21). The van der Waals surface area contributed by atoms with Crippen LogP contribution in [-0.4, -0.2) is 9.97 Å². The third kappa shape index (κ3) is 2.71. The molecule has 6 heteroatoms. The van der Waals surface area contributed by atoms with Crippen LogP contribution in [0.1, 0.15) is 17.2 Å². The molecule has 3 rings (SSSR count). The minimum atomic E-state index is -0.615. The van der Waals surface area contributed by atoms with Crippen LogP contribution in [0, 0.1) is 11.6 Å². The van der Waals surface area contributed by atoms with E-state index in [-0.39, 0.29) is 12.1 Å². The van der Waals surface area contributed by atoms with Crippen LogP contribution in [-0.2, 0) is 6.42 Å². The number of aromatic amines is 2. The molecular formula is C15H13F2N3O. The topological polar surface area (TPSA) is 74.7 Å². The molecule has 0 saturated carbocycles. The van der Waals surface area contributed by atoms with Crippen molar-refractivity contribution in [1.82, 2.24) is 9.97 Å². The molecule has 4 nitrogen and oxygen atoms in total. The van der Waals surface area contributed by atoms with Crippen LogP contribution in [0.4, 0.5) is 8.78 Å². The number of nitrogens with one attached hydrogen (secondary N) is 2. The highest BCUT2D eigenvalue weighted by molar-refractivity contribution is 5.75. The SMILES string of the molecule is NC(Cc1ccc(F)cc1F)c1ccc2[nH]c(=O)[nH]c2c1. The lowest BCUT2D eigenvalue weighted by atomic mass is 9.99. The lowest BCUT2D eigenvalue weighted by Crippen LogP contribution is -2.14. The van der Waals surface area contributed by atoms with Gasteiger partial charge in [-0.3, -0.25) is 0 Å². The molecule has 2 aromatic carbocycles. The van der Waals surface area contributed by atoms with Gasteiger partial charge in [-0.25, -0.2) is 13.6 Å². The lowest BCUT2D eigenvalue weighted by Gasteiger charge is -2.13. The smallest absolute Gasteiger partial charge is 0.323 e. The zero-order valence-corrected chi connectivity index (χ0v) is 11.0. The Bertz CT molecular complexity index is 853. The average molecular weight is 289 g/mol. The number of aromatic nitrogens is 2. The van der Waals surface area contributed by atoms with Gasteiger partial charge in [0.05, 0.1) is 11.0 Å². The van der Waals surface area contributed by atoms with Crippen LogP contribution in [0.3, 0.4) is 0 Å². The van der Waals surface area contributed by atoms with Gasteiger partial charge in [0.25, 0.3) is 0 Å². The van der Waals surface area contributed by atoms with E-state index in [2.05, 4.69) is 9.97 Å². The first-order valence-corrected chi connectivity index (χ1v) is 6.44. The van der Waals surface area contributed by atoms with Crippen molar-refractivity contribution in [2.24, 2.45) is 5.73 Å². The van der Waals surface area contributed by atoms with Crippen molar-refractivity contribution in [3.63, 3.8) is 0 Å². The summed E-state index contributed by atoms with van der Waals surface area (Å²) in [4.78, 5) is 16.5. The van der Waals surface area contributed by atoms with Crippen LogP contribution in [0.15, 0.2) is 41.2 Å². The fraction of sp³-hybridized carbons (Fsp3) is 0.133. The maximum Gasteiger partial charge on any atom is 0.323 e. The number of imidazole rings is 1. The molecule has 21 heavy (non-hydrogen) atoms. The summed E-state index contributed by atoms with van der Waals surface area (Å²) in [6.45, 7) is 0. The number of benzene rings is 2. The number of H-pyrrole nitrogens is 2. The predicted molar refractivity (Wildman–Crippen MR) is 75.9 cm³/mol. The molecule has 0 bridgehead atoms. The molecule has 0 fully saturated rings. The maximum atomic E-state index is 13.6. The molecule has 1 atom stereocenters. The van der Waals surface area contributed by atoms with Crippen molar-refractivity contribution in [3.8, 4) is 0 Å². The predicted octanol–water partition coefficient (Wildman–Crippen LogP) is 2.38. The molecule has 0 aliphatic rings. The first-order valence-electron chi connectivity index (χ1n) is 6.44. The van der Waals surface area contributed by atoms with Crippen LogP contribution < -0.4 is 11.4 Å². The van der Waals surface area contributed by atoms with E-state index in [1.807, 2.05) is 0 Å². The van der Waals surface area contributed by atoms with Gasteiger partial charge in [0.2, 0.25) is 0 Å². The number of nitrogens with two attached hydrogens (primary N) is 1. The largest absolute Gasteiger partial charge is 0.324 e. The average Bonchev–Trinajstić information content (AvgIpc) is 2.80. The molecule has 1 unspecified atom stereocenters. The first kappa shape index (κ1) is 13.5. The number of halogens is 2. The van der Waals surface area contributed by atoms with E-state index in [4.69, 9.17) is 5.73 Å². The number of hydrogen-bond donors (Lipinski definition) is 3. The molecule has 0 radical (unpaired) electrons. The maximum absolute atomic E-state index is 13.6. The first-order chi connectivity index (χ1) is 10.0. The van der Waals surface area contributed by atoms with E-state index < -0.39 is 17.7 Å². The zero-order valence-electron chi connectivity index (χ0n) is 11.0. The highest BCUT2D eigenvalue weighted by Crippen LogP contribution is 2.21. The third-order valence-electron chi connectivity index (χ3n) is 3.42. The van der Waals surface area contributed by atoms with Gasteiger partial charge in [-0.05, 0) is 35.7 Å². The second-order valence-electron chi connectivity index (χ2n) is 4.93. The summed E-state index contributed by atoms with van der Waals surface area (Å²) in [6, 6.07) is 8.25. The molecule has 1 heterocycles. The third-order valence-corrected chi connectivity index (χ3v) is 3.42. The van der Waals surface area contributed by atoms with Gasteiger partial charge in [0, 0.05) is 12.1 Å². The molecule has 0 aliphatic carbocycles. The Balaban J connectivity index is 1.89. The van der Waals surface area contributed by atoms with Gasteiger partial charge in [0.15, 0.2) is 0 Å². The number of fused-ring (bicyclic) bond motifs is 1. The highest BCUT2D eigenvalue weighted by atomic mass is 19.1. The molecule has 3 aromatic rings. The van der Waals surface area contributed by atoms with Crippen LogP contribution in [0.2, 0.25) is 0 Å². The minimum Gasteiger partial charge on any atom is -0.324 e. The van der Waals surface area contributed by atoms with Crippen molar-refractivity contribution < 1.29 is 8.78 Å². The van der Waals surface area contributed by atoms with Crippen molar-refractivity contribution in [2.75, 3.05) is 0 Å². The molecule has 1 aromatic heterocycles. The summed E-state index contributed by atoms with van der Waals surface area (Å²) in [5.74, 6) is -1.22. The fourth-order valence-electron chi connectivity index (χ4n) is 2.32. The fourth-order valence-corrected chi connectivity index (χ4v) is 2.32. The summed E-state index contributed by atoms with van der Waals surface area (Å²) in [5, 5.41) is 0. The number of rotatable bonds is 3. The molecule has 108 valence electrons. The monoisotopic (exact) mass is 289 g/mol. The molecule has 0 spiro atoms. The van der Waals surface area contributed by atoms with Gasteiger partial charge in [-0.1, -0.05) is 12.1 Å². The van der Waals surface area contributed by atoms with Crippen molar-refractivity contribution >= 4 is 11.0 Å². The van der Waals surface area contributed by atoms with Crippen LogP contribution in [0.5, 0.6) is 0 Å². The Morgan fingerprint density at radius 2 is 1.81 bits per heavy atom. The second kappa shape index (κ2) is 5.14. The molecule has 0 amide bonds. The highest BCUT2D eigenvalue weighted by Gasteiger charge is 2.12. The van der Waals surface area contributed by atoms with E-state index in [9.17, 15) is 13.6 Å². The Morgan fingerprint density at radius 1 is 1.05 bits per heavy atom. The van der Waals surface area contributed by atoms with Crippen molar-refractivity contribution in [1.29, 1.82) is 0 Å². The lowest BCUT2D eigenvalue weighted by molar-refractivity contribution is 0.563. The van der Waals surface area contributed by atoms with E-state index in [0.717, 1.165) is 11.6 Å². The van der Waals surface area contributed by atoms with Gasteiger partial charge in [0.1, 0.15) is 11.6 Å². The van der Waals surface area contributed by atoms with E-state index in [1.165, 1.54) is 12.1 Å². The summed E-state index contributed by atoms with van der Waals surface area (Å²) >= 11 is 0. The normalized spacial score (nSPS) is 12.7. The molecule has 0 saturated heterocycles. The zero-order chi connectivity index (χ0) is 15.0. The summed E-state index contributed by atoms with van der Waals surface area (Å²) in [7, 11) is 0. The van der Waals surface area contributed by atoms with Gasteiger partial charge in [-0.15, -0.1) is 0 Å². The van der Waals surface area contributed by atoms with Gasteiger partial charge < -0.3 is 15.7 Å². The molecule has 0 aliphatic heterocycles.